The topological polar surface area (TPSA) is 42.4 Å². The number of rotatable bonds is 5. The molecule has 1 fully saturated rings. The van der Waals surface area contributed by atoms with E-state index >= 15 is 0 Å². The van der Waals surface area contributed by atoms with Gasteiger partial charge in [0.05, 0.1) is 6.10 Å². The van der Waals surface area contributed by atoms with Crippen LogP contribution in [0.2, 0.25) is 0 Å². The molecular formula is C19H21FN2O2. The maximum atomic E-state index is 13.1. The predicted molar refractivity (Wildman–Crippen MR) is 89.1 cm³/mol. The number of pyridine rings is 1. The fraction of sp³-hybridized carbons (Fsp3) is 0.368. The minimum absolute atomic E-state index is 0.0541. The minimum atomic E-state index is -0.281. The number of carbonyl (C=O) groups excluding carboxylic acids is 1. The van der Waals surface area contributed by atoms with Crippen molar-refractivity contribution in [3.05, 3.63) is 65.2 Å². The van der Waals surface area contributed by atoms with Gasteiger partial charge in [0.15, 0.2) is 0 Å². The smallest absolute Gasteiger partial charge is 0.273 e. The molecule has 24 heavy (non-hydrogen) atoms. The van der Waals surface area contributed by atoms with E-state index in [0.717, 1.165) is 30.6 Å². The lowest BCUT2D eigenvalue weighted by atomic mass is 10.1. The lowest BCUT2D eigenvalue weighted by molar-refractivity contribution is 0.0502. The van der Waals surface area contributed by atoms with E-state index in [2.05, 4.69) is 4.98 Å². The number of ether oxygens (including phenoxy) is 1. The second-order valence-electron chi connectivity index (χ2n) is 6.12. The summed E-state index contributed by atoms with van der Waals surface area (Å²) in [6.07, 6.45) is 3.65. The van der Waals surface area contributed by atoms with Gasteiger partial charge < -0.3 is 9.64 Å². The monoisotopic (exact) mass is 328 g/mol. The summed E-state index contributed by atoms with van der Waals surface area (Å²) < 4.78 is 18.8. The zero-order valence-corrected chi connectivity index (χ0v) is 13.7. The summed E-state index contributed by atoms with van der Waals surface area (Å²) in [5, 5.41) is 0. The molecule has 1 amide bonds. The predicted octanol–water partition coefficient (Wildman–Crippen LogP) is 3.35. The maximum absolute atomic E-state index is 13.1. The number of aryl methyl sites for hydroxylation is 1. The van der Waals surface area contributed by atoms with Gasteiger partial charge in [0.2, 0.25) is 0 Å². The highest BCUT2D eigenvalue weighted by Gasteiger charge is 2.25. The van der Waals surface area contributed by atoms with E-state index < -0.39 is 0 Å². The summed E-state index contributed by atoms with van der Waals surface area (Å²) in [6.45, 7) is 3.55. The number of amides is 1. The first kappa shape index (κ1) is 16.6. The quantitative estimate of drug-likeness (QED) is 0.845. The van der Waals surface area contributed by atoms with E-state index in [9.17, 15) is 9.18 Å². The van der Waals surface area contributed by atoms with E-state index in [4.69, 9.17) is 4.74 Å². The summed E-state index contributed by atoms with van der Waals surface area (Å²) in [4.78, 5) is 18.9. The van der Waals surface area contributed by atoms with Gasteiger partial charge in [-0.05, 0) is 49.1 Å². The summed E-state index contributed by atoms with van der Waals surface area (Å²) in [6, 6.07) is 9.93. The molecule has 126 valence electrons. The largest absolute Gasteiger partial charge is 0.376 e. The average molecular weight is 328 g/mol. The molecule has 3 rings (SSSR count). The van der Waals surface area contributed by atoms with Crippen molar-refractivity contribution in [2.24, 2.45) is 0 Å². The highest BCUT2D eigenvalue weighted by atomic mass is 19.1. The molecule has 5 heteroatoms. The van der Waals surface area contributed by atoms with Gasteiger partial charge >= 0.3 is 0 Å². The second kappa shape index (κ2) is 7.53. The Balaban J connectivity index is 1.81. The maximum Gasteiger partial charge on any atom is 0.273 e. The van der Waals surface area contributed by atoms with E-state index in [0.29, 0.717) is 18.8 Å². The summed E-state index contributed by atoms with van der Waals surface area (Å²) in [5.41, 5.74) is 2.19. The minimum Gasteiger partial charge on any atom is -0.376 e. The highest BCUT2D eigenvalue weighted by Crippen LogP contribution is 2.18. The van der Waals surface area contributed by atoms with E-state index in [1.807, 2.05) is 19.1 Å². The number of halogens is 1. The highest BCUT2D eigenvalue weighted by molar-refractivity contribution is 5.93. The van der Waals surface area contributed by atoms with E-state index in [1.165, 1.54) is 12.1 Å². The van der Waals surface area contributed by atoms with Gasteiger partial charge in [-0.15, -0.1) is 0 Å². The van der Waals surface area contributed by atoms with Crippen molar-refractivity contribution in [2.75, 3.05) is 13.2 Å². The van der Waals surface area contributed by atoms with Crippen LogP contribution in [-0.2, 0) is 11.3 Å². The van der Waals surface area contributed by atoms with Crippen LogP contribution in [0.4, 0.5) is 4.39 Å². The number of aromatic nitrogens is 1. The molecule has 1 aromatic carbocycles. The van der Waals surface area contributed by atoms with Crippen LogP contribution in [0, 0.1) is 12.7 Å². The third-order valence-electron chi connectivity index (χ3n) is 4.23. The third kappa shape index (κ3) is 3.97. The molecule has 0 aliphatic carbocycles. The van der Waals surface area contributed by atoms with Gasteiger partial charge in [-0.1, -0.05) is 18.2 Å². The van der Waals surface area contributed by atoms with Crippen molar-refractivity contribution in [2.45, 2.75) is 32.4 Å². The molecule has 0 spiro atoms. The fourth-order valence-corrected chi connectivity index (χ4v) is 2.92. The Morgan fingerprint density at radius 3 is 2.79 bits per heavy atom. The first-order valence-electron chi connectivity index (χ1n) is 8.20. The molecule has 1 aliphatic rings. The SMILES string of the molecule is Cc1cccnc1C(=O)N(Cc1ccc(F)cc1)C[C@@H]1CCCO1. The number of nitrogens with zero attached hydrogens (tertiary/aromatic N) is 2. The van der Waals surface area contributed by atoms with Crippen LogP contribution in [0.15, 0.2) is 42.6 Å². The number of hydrogen-bond acceptors (Lipinski definition) is 3. The molecule has 0 N–H and O–H groups in total. The van der Waals surface area contributed by atoms with Crippen molar-refractivity contribution in [3.8, 4) is 0 Å². The first-order chi connectivity index (χ1) is 11.6. The van der Waals surface area contributed by atoms with Crippen LogP contribution in [-0.4, -0.2) is 35.0 Å². The van der Waals surface area contributed by atoms with Crippen molar-refractivity contribution in [1.29, 1.82) is 0 Å². The Morgan fingerprint density at radius 2 is 2.12 bits per heavy atom. The lowest BCUT2D eigenvalue weighted by Crippen LogP contribution is -2.37. The Labute approximate surface area is 141 Å². The van der Waals surface area contributed by atoms with Crippen molar-refractivity contribution < 1.29 is 13.9 Å². The molecule has 0 unspecified atom stereocenters. The number of hydrogen-bond donors (Lipinski definition) is 0. The Hall–Kier alpha value is -2.27. The molecular weight excluding hydrogens is 307 g/mol. The zero-order valence-electron chi connectivity index (χ0n) is 13.7. The van der Waals surface area contributed by atoms with E-state index in [-0.39, 0.29) is 17.8 Å². The first-order valence-corrected chi connectivity index (χ1v) is 8.20. The second-order valence-corrected chi connectivity index (χ2v) is 6.12. The van der Waals surface area contributed by atoms with Gasteiger partial charge in [0.25, 0.3) is 5.91 Å². The number of carbonyl (C=O) groups is 1. The third-order valence-corrected chi connectivity index (χ3v) is 4.23. The summed E-state index contributed by atoms with van der Waals surface area (Å²) in [5.74, 6) is -0.399. The van der Waals surface area contributed by atoms with Gasteiger partial charge in [0.1, 0.15) is 11.5 Å². The van der Waals surface area contributed by atoms with Crippen molar-refractivity contribution in [1.82, 2.24) is 9.88 Å². The average Bonchev–Trinajstić information content (AvgIpc) is 3.09. The molecule has 1 aromatic heterocycles. The zero-order chi connectivity index (χ0) is 16.9. The standard InChI is InChI=1S/C19H21FN2O2/c1-14-4-2-10-21-18(14)19(23)22(13-17-5-3-11-24-17)12-15-6-8-16(20)9-7-15/h2,4,6-10,17H,3,5,11-13H2,1H3/t17-/m0/s1. The van der Waals surface area contributed by atoms with Crippen LogP contribution in [0.5, 0.6) is 0 Å². The fourth-order valence-electron chi connectivity index (χ4n) is 2.92. The van der Waals surface area contributed by atoms with Crippen molar-refractivity contribution >= 4 is 5.91 Å². The van der Waals surface area contributed by atoms with Crippen LogP contribution >= 0.6 is 0 Å². The molecule has 1 aliphatic heterocycles. The molecule has 1 saturated heterocycles. The molecule has 4 nitrogen and oxygen atoms in total. The lowest BCUT2D eigenvalue weighted by Gasteiger charge is -2.26. The van der Waals surface area contributed by atoms with Crippen molar-refractivity contribution in [3.63, 3.8) is 0 Å². The van der Waals surface area contributed by atoms with Crippen LogP contribution < -0.4 is 0 Å². The van der Waals surface area contributed by atoms with Gasteiger partial charge in [0, 0.05) is 25.9 Å². The molecule has 0 bridgehead atoms. The van der Waals surface area contributed by atoms with Gasteiger partial charge in [-0.3, -0.25) is 9.78 Å². The summed E-state index contributed by atoms with van der Waals surface area (Å²) >= 11 is 0. The van der Waals surface area contributed by atoms with Crippen LogP contribution in [0.25, 0.3) is 0 Å². The Bertz CT molecular complexity index is 697. The Morgan fingerprint density at radius 1 is 1.33 bits per heavy atom. The Kier molecular flexibility index (Phi) is 5.20. The number of benzene rings is 1. The normalized spacial score (nSPS) is 17.0. The molecule has 0 saturated carbocycles. The summed E-state index contributed by atoms with van der Waals surface area (Å²) in [7, 11) is 0. The molecule has 2 heterocycles. The molecule has 1 atom stereocenters. The van der Waals surface area contributed by atoms with Gasteiger partial charge in [-0.25, -0.2) is 4.39 Å². The molecule has 2 aromatic rings. The molecule has 0 radical (unpaired) electrons. The van der Waals surface area contributed by atoms with Crippen LogP contribution in [0.1, 0.15) is 34.5 Å². The van der Waals surface area contributed by atoms with E-state index in [1.54, 1.807) is 23.2 Å². The van der Waals surface area contributed by atoms with Gasteiger partial charge in [-0.2, -0.15) is 0 Å². The van der Waals surface area contributed by atoms with Crippen LogP contribution in [0.3, 0.4) is 0 Å².